The van der Waals surface area contributed by atoms with Gasteiger partial charge in [0.2, 0.25) is 11.8 Å². The van der Waals surface area contributed by atoms with Crippen LogP contribution in [0.25, 0.3) is 16.9 Å². The van der Waals surface area contributed by atoms with E-state index in [1.807, 2.05) is 43.3 Å². The summed E-state index contributed by atoms with van der Waals surface area (Å²) in [4.78, 5) is 18.2. The van der Waals surface area contributed by atoms with Crippen molar-refractivity contribution in [2.75, 3.05) is 11.4 Å². The Hall–Kier alpha value is -3.78. The van der Waals surface area contributed by atoms with Crippen molar-refractivity contribution in [2.45, 2.75) is 25.5 Å². The first-order valence-electron chi connectivity index (χ1n) is 10.4. The zero-order chi connectivity index (χ0) is 22.2. The van der Waals surface area contributed by atoms with Gasteiger partial charge >= 0.3 is 0 Å². The lowest BCUT2D eigenvalue weighted by molar-refractivity contribution is -0.117. The largest absolute Gasteiger partial charge is 0.469 e. The summed E-state index contributed by atoms with van der Waals surface area (Å²) in [5.74, 6) is 0.136. The normalized spacial score (nSPS) is 17.2. The Morgan fingerprint density at radius 3 is 2.69 bits per heavy atom. The first-order chi connectivity index (χ1) is 15.5. The van der Waals surface area contributed by atoms with Crippen molar-refractivity contribution in [3.63, 3.8) is 0 Å². The lowest BCUT2D eigenvalue weighted by Gasteiger charge is -2.16. The van der Waals surface area contributed by atoms with Crippen molar-refractivity contribution in [3.8, 4) is 17.1 Å². The molecule has 0 unspecified atom stereocenters. The van der Waals surface area contributed by atoms with Crippen molar-refractivity contribution in [1.82, 2.24) is 14.6 Å². The summed E-state index contributed by atoms with van der Waals surface area (Å²) in [6.45, 7) is 2.37. The Bertz CT molecular complexity index is 1290. The maximum absolute atomic E-state index is 13.5. The SMILES string of the molecule is C[C@@H](Oc1ccc2ncc(-c3ccc(N4C[C@@H](N)CC4=O)cc3)n2n1)c1cccc(F)c1. The number of amides is 1. The molecule has 0 spiro atoms. The summed E-state index contributed by atoms with van der Waals surface area (Å²) in [7, 11) is 0. The fraction of sp³-hybridized carbons (Fsp3) is 0.208. The summed E-state index contributed by atoms with van der Waals surface area (Å²) in [5, 5.41) is 4.58. The summed E-state index contributed by atoms with van der Waals surface area (Å²) in [6.07, 6.45) is 1.75. The summed E-state index contributed by atoms with van der Waals surface area (Å²) < 4.78 is 21.2. The average Bonchev–Trinajstić information content (AvgIpc) is 3.36. The number of nitrogens with zero attached hydrogens (tertiary/aromatic N) is 4. The second-order valence-corrected chi connectivity index (χ2v) is 7.92. The van der Waals surface area contributed by atoms with Gasteiger partial charge in [-0.15, -0.1) is 5.10 Å². The third kappa shape index (κ3) is 3.80. The number of ether oxygens (including phenoxy) is 1. The second kappa shape index (κ2) is 8.05. The number of anilines is 1. The van der Waals surface area contributed by atoms with Crippen LogP contribution in [0, 0.1) is 5.82 Å². The van der Waals surface area contributed by atoms with Crippen LogP contribution in [0.1, 0.15) is 25.0 Å². The third-order valence-electron chi connectivity index (χ3n) is 5.58. The molecule has 3 heterocycles. The highest BCUT2D eigenvalue weighted by atomic mass is 19.1. The number of fused-ring (bicyclic) bond motifs is 1. The van der Waals surface area contributed by atoms with Crippen molar-refractivity contribution < 1.29 is 13.9 Å². The van der Waals surface area contributed by atoms with E-state index in [1.165, 1.54) is 12.1 Å². The predicted octanol–water partition coefficient (Wildman–Crippen LogP) is 3.74. The number of rotatable bonds is 5. The molecule has 8 heteroatoms. The zero-order valence-corrected chi connectivity index (χ0v) is 17.5. The van der Waals surface area contributed by atoms with E-state index >= 15 is 0 Å². The highest BCUT2D eigenvalue weighted by molar-refractivity contribution is 5.96. The van der Waals surface area contributed by atoms with E-state index in [0.29, 0.717) is 24.5 Å². The average molecular weight is 431 g/mol. The Labute approximate surface area is 184 Å². The van der Waals surface area contributed by atoms with Gasteiger partial charge in [-0.3, -0.25) is 4.79 Å². The molecule has 1 fully saturated rings. The lowest BCUT2D eigenvalue weighted by atomic mass is 10.1. The molecular weight excluding hydrogens is 409 g/mol. The molecule has 1 aliphatic heterocycles. The highest BCUT2D eigenvalue weighted by Crippen LogP contribution is 2.27. The number of carbonyl (C=O) groups excluding carboxylic acids is 1. The fourth-order valence-electron chi connectivity index (χ4n) is 3.92. The van der Waals surface area contributed by atoms with Crippen LogP contribution in [0.5, 0.6) is 5.88 Å². The van der Waals surface area contributed by atoms with Crippen LogP contribution >= 0.6 is 0 Å². The minimum Gasteiger partial charge on any atom is -0.469 e. The molecule has 32 heavy (non-hydrogen) atoms. The van der Waals surface area contributed by atoms with Gasteiger partial charge in [-0.05, 0) is 42.8 Å². The molecule has 2 N–H and O–H groups in total. The highest BCUT2D eigenvalue weighted by Gasteiger charge is 2.28. The molecule has 0 bridgehead atoms. The molecule has 4 aromatic rings. The molecule has 2 aromatic carbocycles. The van der Waals surface area contributed by atoms with Gasteiger partial charge in [0.25, 0.3) is 0 Å². The Morgan fingerprint density at radius 2 is 1.97 bits per heavy atom. The van der Waals surface area contributed by atoms with Crippen LogP contribution in [0.15, 0.2) is 66.9 Å². The topological polar surface area (TPSA) is 85.7 Å². The van der Waals surface area contributed by atoms with Crippen LogP contribution in [0.4, 0.5) is 10.1 Å². The van der Waals surface area contributed by atoms with Gasteiger partial charge in [0.05, 0.1) is 11.9 Å². The number of aromatic nitrogens is 3. The zero-order valence-electron chi connectivity index (χ0n) is 17.5. The predicted molar refractivity (Wildman–Crippen MR) is 119 cm³/mol. The van der Waals surface area contributed by atoms with E-state index in [9.17, 15) is 9.18 Å². The van der Waals surface area contributed by atoms with Gasteiger partial charge in [-0.2, -0.15) is 0 Å². The second-order valence-electron chi connectivity index (χ2n) is 7.92. The molecule has 2 aromatic heterocycles. The van der Waals surface area contributed by atoms with Crippen LogP contribution < -0.4 is 15.4 Å². The fourth-order valence-corrected chi connectivity index (χ4v) is 3.92. The van der Waals surface area contributed by atoms with E-state index in [2.05, 4.69) is 10.1 Å². The first-order valence-corrected chi connectivity index (χ1v) is 10.4. The molecule has 1 aliphatic rings. The minimum absolute atomic E-state index is 0.0379. The van der Waals surface area contributed by atoms with Gasteiger partial charge in [0.15, 0.2) is 5.65 Å². The third-order valence-corrected chi connectivity index (χ3v) is 5.58. The Balaban J connectivity index is 1.41. The van der Waals surface area contributed by atoms with E-state index in [1.54, 1.807) is 27.7 Å². The first kappa shape index (κ1) is 20.1. The quantitative estimate of drug-likeness (QED) is 0.520. The monoisotopic (exact) mass is 431 g/mol. The molecule has 0 saturated carbocycles. The molecule has 0 aliphatic carbocycles. The number of carbonyl (C=O) groups is 1. The van der Waals surface area contributed by atoms with Crippen molar-refractivity contribution in [1.29, 1.82) is 0 Å². The molecule has 1 amide bonds. The van der Waals surface area contributed by atoms with Crippen molar-refractivity contribution in [3.05, 3.63) is 78.2 Å². The van der Waals surface area contributed by atoms with Crippen LogP contribution in [0.2, 0.25) is 0 Å². The van der Waals surface area contributed by atoms with E-state index in [0.717, 1.165) is 22.5 Å². The van der Waals surface area contributed by atoms with Crippen molar-refractivity contribution in [2.24, 2.45) is 5.73 Å². The molecule has 1 saturated heterocycles. The Kier molecular flexibility index (Phi) is 5.07. The van der Waals surface area contributed by atoms with Crippen LogP contribution in [0.3, 0.4) is 0 Å². The lowest BCUT2D eigenvalue weighted by Crippen LogP contribution is -2.27. The van der Waals surface area contributed by atoms with Crippen LogP contribution in [-0.4, -0.2) is 33.1 Å². The van der Waals surface area contributed by atoms with E-state index < -0.39 is 0 Å². The standard InChI is InChI=1S/C24H22FN5O2/c1-15(17-3-2-4-18(25)11-17)32-23-10-9-22-27-13-21(30(22)28-23)16-5-7-20(8-6-16)29-14-19(26)12-24(29)31/h2-11,13,15,19H,12,14,26H2,1H3/t15-,19+/m1/s1. The molecule has 2 atom stereocenters. The summed E-state index contributed by atoms with van der Waals surface area (Å²) in [5.41, 5.74) is 9.82. The Morgan fingerprint density at radius 1 is 1.16 bits per heavy atom. The van der Waals surface area contributed by atoms with Gasteiger partial charge in [0, 0.05) is 36.3 Å². The van der Waals surface area contributed by atoms with E-state index in [-0.39, 0.29) is 23.9 Å². The number of hydrogen-bond acceptors (Lipinski definition) is 5. The molecule has 5 rings (SSSR count). The van der Waals surface area contributed by atoms with E-state index in [4.69, 9.17) is 10.5 Å². The summed E-state index contributed by atoms with van der Waals surface area (Å²) >= 11 is 0. The molecular formula is C24H22FN5O2. The van der Waals surface area contributed by atoms with Gasteiger partial charge in [-0.25, -0.2) is 13.9 Å². The smallest absolute Gasteiger partial charge is 0.232 e. The van der Waals surface area contributed by atoms with Crippen LogP contribution in [-0.2, 0) is 4.79 Å². The van der Waals surface area contributed by atoms with Gasteiger partial charge in [0.1, 0.15) is 11.9 Å². The molecule has 0 radical (unpaired) electrons. The van der Waals surface area contributed by atoms with Gasteiger partial charge in [-0.1, -0.05) is 24.3 Å². The number of imidazole rings is 1. The summed E-state index contributed by atoms with van der Waals surface area (Å²) in [6, 6.07) is 17.4. The maximum atomic E-state index is 13.5. The molecule has 7 nitrogen and oxygen atoms in total. The maximum Gasteiger partial charge on any atom is 0.232 e. The number of nitrogens with two attached hydrogens (primary N) is 1. The number of halogens is 1. The van der Waals surface area contributed by atoms with Crippen molar-refractivity contribution >= 4 is 17.2 Å². The molecule has 162 valence electrons. The number of hydrogen-bond donors (Lipinski definition) is 1. The van der Waals surface area contributed by atoms with Gasteiger partial charge < -0.3 is 15.4 Å². The minimum atomic E-state index is -0.369. The number of benzene rings is 2.